The van der Waals surface area contributed by atoms with Crippen molar-refractivity contribution in [3.8, 4) is 0 Å². The van der Waals surface area contributed by atoms with E-state index in [1.165, 1.54) is 17.5 Å². The molecule has 0 radical (unpaired) electrons. The minimum Gasteiger partial charge on any atom is -0.320 e. The maximum absolute atomic E-state index is 12.5. The van der Waals surface area contributed by atoms with Crippen molar-refractivity contribution < 1.29 is 4.79 Å². The first-order chi connectivity index (χ1) is 10.8. The van der Waals surface area contributed by atoms with E-state index in [1.807, 2.05) is 42.5 Å². The molecule has 0 atom stereocenters. The van der Waals surface area contributed by atoms with Crippen LogP contribution in [-0.4, -0.2) is 10.9 Å². The Labute approximate surface area is 129 Å². The third kappa shape index (κ3) is 2.25. The Balaban J connectivity index is 1.66. The topological polar surface area (TPSA) is 42.0 Å². The molecule has 3 nitrogen and oxygen atoms in total. The van der Waals surface area contributed by atoms with Gasteiger partial charge in [-0.2, -0.15) is 0 Å². The number of carbonyl (C=O) groups is 1. The van der Waals surface area contributed by atoms with E-state index in [4.69, 9.17) is 0 Å². The second-order valence-corrected chi connectivity index (χ2v) is 5.67. The Kier molecular flexibility index (Phi) is 3.11. The van der Waals surface area contributed by atoms with Gasteiger partial charge in [0.05, 0.1) is 11.2 Å². The Bertz CT molecular complexity index is 865. The molecular formula is C19H16N2O. The van der Waals surface area contributed by atoms with Crippen LogP contribution in [0.1, 0.15) is 27.9 Å². The van der Waals surface area contributed by atoms with Crippen LogP contribution in [0.3, 0.4) is 0 Å². The van der Waals surface area contributed by atoms with Crippen LogP contribution in [0, 0.1) is 0 Å². The predicted octanol–water partition coefficient (Wildman–Crippen LogP) is 3.98. The molecule has 3 heteroatoms. The molecule has 1 aliphatic carbocycles. The van der Waals surface area contributed by atoms with E-state index in [1.54, 1.807) is 6.20 Å². The fraction of sp³-hybridized carbons (Fsp3) is 0.158. The molecule has 22 heavy (non-hydrogen) atoms. The number of nitrogens with zero attached hydrogens (tertiary/aromatic N) is 1. The number of amides is 1. The summed E-state index contributed by atoms with van der Waals surface area (Å²) in [6.07, 6.45) is 5.14. The molecule has 0 bridgehead atoms. The minimum atomic E-state index is -0.0761. The van der Waals surface area contributed by atoms with Crippen molar-refractivity contribution in [1.82, 2.24) is 4.98 Å². The maximum atomic E-state index is 12.5. The first kappa shape index (κ1) is 13.0. The van der Waals surface area contributed by atoms with E-state index in [0.717, 1.165) is 29.4 Å². The Morgan fingerprint density at radius 2 is 1.86 bits per heavy atom. The molecule has 3 aromatic rings. The Morgan fingerprint density at radius 1 is 1.00 bits per heavy atom. The number of anilines is 1. The summed E-state index contributed by atoms with van der Waals surface area (Å²) in [5.41, 5.74) is 4.98. The van der Waals surface area contributed by atoms with Crippen molar-refractivity contribution in [2.45, 2.75) is 19.3 Å². The van der Waals surface area contributed by atoms with Crippen molar-refractivity contribution in [3.63, 3.8) is 0 Å². The van der Waals surface area contributed by atoms with Crippen LogP contribution in [0.15, 0.2) is 54.7 Å². The largest absolute Gasteiger partial charge is 0.320 e. The summed E-state index contributed by atoms with van der Waals surface area (Å²) >= 11 is 0. The summed E-state index contributed by atoms with van der Waals surface area (Å²) in [6, 6.07) is 15.7. The molecular weight excluding hydrogens is 272 g/mol. The van der Waals surface area contributed by atoms with Gasteiger partial charge in [0.25, 0.3) is 5.91 Å². The van der Waals surface area contributed by atoms with Gasteiger partial charge < -0.3 is 5.32 Å². The summed E-state index contributed by atoms with van der Waals surface area (Å²) in [5, 5.41) is 4.01. The lowest BCUT2D eigenvalue weighted by Gasteiger charge is -2.09. The second-order valence-electron chi connectivity index (χ2n) is 5.67. The fourth-order valence-electron chi connectivity index (χ4n) is 3.11. The number of hydrogen-bond donors (Lipinski definition) is 1. The number of fused-ring (bicyclic) bond motifs is 2. The monoisotopic (exact) mass is 288 g/mol. The van der Waals surface area contributed by atoms with Crippen LogP contribution in [-0.2, 0) is 12.8 Å². The SMILES string of the molecule is O=C(Nc1cccc2cccnc12)c1ccc2c(c1)CCC2. The van der Waals surface area contributed by atoms with Gasteiger partial charge in [0.15, 0.2) is 0 Å². The molecule has 1 amide bonds. The summed E-state index contributed by atoms with van der Waals surface area (Å²) in [5.74, 6) is -0.0761. The molecule has 1 N–H and O–H groups in total. The highest BCUT2D eigenvalue weighted by atomic mass is 16.1. The molecule has 0 spiro atoms. The van der Waals surface area contributed by atoms with E-state index in [-0.39, 0.29) is 5.91 Å². The number of aryl methyl sites for hydroxylation is 2. The third-order valence-electron chi connectivity index (χ3n) is 4.24. The fourth-order valence-corrected chi connectivity index (χ4v) is 3.11. The zero-order valence-corrected chi connectivity index (χ0v) is 12.2. The first-order valence-electron chi connectivity index (χ1n) is 7.58. The molecule has 1 heterocycles. The number of aromatic nitrogens is 1. The van der Waals surface area contributed by atoms with Gasteiger partial charge in [0.1, 0.15) is 0 Å². The highest BCUT2D eigenvalue weighted by Crippen LogP contribution is 2.24. The number of pyridine rings is 1. The van der Waals surface area contributed by atoms with E-state index in [9.17, 15) is 4.79 Å². The molecule has 4 rings (SSSR count). The van der Waals surface area contributed by atoms with Gasteiger partial charge in [-0.1, -0.05) is 24.3 Å². The quantitative estimate of drug-likeness (QED) is 0.775. The molecule has 0 saturated heterocycles. The molecule has 108 valence electrons. The number of benzene rings is 2. The molecule has 0 unspecified atom stereocenters. The zero-order chi connectivity index (χ0) is 14.9. The molecule has 2 aromatic carbocycles. The second kappa shape index (κ2) is 5.26. The van der Waals surface area contributed by atoms with E-state index in [2.05, 4.69) is 16.4 Å². The highest BCUT2D eigenvalue weighted by molar-refractivity contribution is 6.08. The molecule has 0 saturated carbocycles. The number of para-hydroxylation sites is 1. The lowest BCUT2D eigenvalue weighted by atomic mass is 10.1. The third-order valence-corrected chi connectivity index (χ3v) is 4.24. The van der Waals surface area contributed by atoms with Gasteiger partial charge in [-0.05, 0) is 54.7 Å². The van der Waals surface area contributed by atoms with Crippen molar-refractivity contribution in [2.75, 3.05) is 5.32 Å². The van der Waals surface area contributed by atoms with Crippen molar-refractivity contribution in [3.05, 3.63) is 71.4 Å². The van der Waals surface area contributed by atoms with Gasteiger partial charge in [-0.3, -0.25) is 9.78 Å². The number of hydrogen-bond acceptors (Lipinski definition) is 2. The minimum absolute atomic E-state index is 0.0761. The lowest BCUT2D eigenvalue weighted by molar-refractivity contribution is 0.102. The van der Waals surface area contributed by atoms with Crippen LogP contribution in [0.5, 0.6) is 0 Å². The average Bonchev–Trinajstić information content (AvgIpc) is 3.02. The number of carbonyl (C=O) groups excluding carboxylic acids is 1. The van der Waals surface area contributed by atoms with E-state index in [0.29, 0.717) is 5.56 Å². The van der Waals surface area contributed by atoms with Crippen LogP contribution >= 0.6 is 0 Å². The van der Waals surface area contributed by atoms with Crippen molar-refractivity contribution >= 4 is 22.5 Å². The molecule has 0 aliphatic heterocycles. The van der Waals surface area contributed by atoms with Crippen LogP contribution in [0.4, 0.5) is 5.69 Å². The summed E-state index contributed by atoms with van der Waals surface area (Å²) < 4.78 is 0. The number of rotatable bonds is 2. The van der Waals surface area contributed by atoms with Crippen LogP contribution in [0.2, 0.25) is 0 Å². The Morgan fingerprint density at radius 3 is 2.82 bits per heavy atom. The van der Waals surface area contributed by atoms with Gasteiger partial charge in [-0.25, -0.2) is 0 Å². The van der Waals surface area contributed by atoms with Crippen LogP contribution in [0.25, 0.3) is 10.9 Å². The summed E-state index contributed by atoms with van der Waals surface area (Å²) in [7, 11) is 0. The molecule has 0 fully saturated rings. The zero-order valence-electron chi connectivity index (χ0n) is 12.2. The summed E-state index contributed by atoms with van der Waals surface area (Å²) in [4.78, 5) is 16.9. The van der Waals surface area contributed by atoms with E-state index >= 15 is 0 Å². The lowest BCUT2D eigenvalue weighted by Crippen LogP contribution is -2.12. The van der Waals surface area contributed by atoms with Gasteiger partial charge in [0, 0.05) is 17.1 Å². The van der Waals surface area contributed by atoms with Crippen molar-refractivity contribution in [2.24, 2.45) is 0 Å². The normalized spacial score (nSPS) is 13.1. The Hall–Kier alpha value is -2.68. The van der Waals surface area contributed by atoms with Crippen molar-refractivity contribution in [1.29, 1.82) is 0 Å². The first-order valence-corrected chi connectivity index (χ1v) is 7.58. The van der Waals surface area contributed by atoms with Gasteiger partial charge in [-0.15, -0.1) is 0 Å². The standard InChI is InChI=1S/C19H16N2O/c22-19(16-10-9-13-4-1-6-15(13)12-16)21-17-8-2-5-14-7-3-11-20-18(14)17/h2-3,5,7-12H,1,4,6H2,(H,21,22). The maximum Gasteiger partial charge on any atom is 0.255 e. The molecule has 1 aromatic heterocycles. The van der Waals surface area contributed by atoms with E-state index < -0.39 is 0 Å². The smallest absolute Gasteiger partial charge is 0.255 e. The van der Waals surface area contributed by atoms with Gasteiger partial charge >= 0.3 is 0 Å². The summed E-state index contributed by atoms with van der Waals surface area (Å²) in [6.45, 7) is 0. The average molecular weight is 288 g/mol. The number of nitrogens with one attached hydrogen (secondary N) is 1. The molecule has 1 aliphatic rings. The predicted molar refractivity (Wildman–Crippen MR) is 88.2 cm³/mol. The van der Waals surface area contributed by atoms with Crippen LogP contribution < -0.4 is 5.32 Å². The highest BCUT2D eigenvalue weighted by Gasteiger charge is 2.14. The van der Waals surface area contributed by atoms with Gasteiger partial charge in [0.2, 0.25) is 0 Å².